The van der Waals surface area contributed by atoms with Crippen molar-refractivity contribution < 1.29 is 23.1 Å². The monoisotopic (exact) mass is 328 g/mol. The van der Waals surface area contributed by atoms with Gasteiger partial charge < -0.3 is 10.0 Å². The molecule has 1 atom stereocenters. The molecule has 0 spiro atoms. The summed E-state index contributed by atoms with van der Waals surface area (Å²) in [5.41, 5.74) is 1.55. The third-order valence-corrected chi connectivity index (χ3v) is 3.15. The number of carbonyl (C=O) groups is 1. The highest BCUT2D eigenvalue weighted by atomic mass is 19.4. The molecule has 6 nitrogen and oxygen atoms in total. The largest absolute Gasteiger partial charge is 0.416 e. The van der Waals surface area contributed by atoms with E-state index in [-0.39, 0.29) is 5.69 Å². The summed E-state index contributed by atoms with van der Waals surface area (Å²) in [5, 5.41) is 16.5. The highest BCUT2D eigenvalue weighted by Crippen LogP contribution is 2.20. The molecule has 1 amide bonds. The predicted octanol–water partition coefficient (Wildman–Crippen LogP) is 1.57. The first-order valence-electron chi connectivity index (χ1n) is 6.68. The van der Waals surface area contributed by atoms with Gasteiger partial charge in [0.25, 0.3) is 5.91 Å². The fourth-order valence-electron chi connectivity index (χ4n) is 1.90. The topological polar surface area (TPSA) is 71.2 Å². The second-order valence-electron chi connectivity index (χ2n) is 5.13. The third-order valence-electron chi connectivity index (χ3n) is 3.15. The molecule has 23 heavy (non-hydrogen) atoms. The number of amides is 1. The molecule has 124 valence electrons. The standard InChI is InChI=1S/C14H15F3N4O2/c1-9-4-3-5-10(6-9)21-7-11(18-19-21)13(23)20(2)8-12(22)14(15,16)17/h3-7,12,22H,8H2,1-2H3. The Balaban J connectivity index is 2.12. The summed E-state index contributed by atoms with van der Waals surface area (Å²) in [7, 11) is 1.16. The van der Waals surface area contributed by atoms with Crippen LogP contribution in [0.2, 0.25) is 0 Å². The van der Waals surface area contributed by atoms with E-state index in [4.69, 9.17) is 5.11 Å². The van der Waals surface area contributed by atoms with Crippen LogP contribution in [-0.4, -0.2) is 56.8 Å². The van der Waals surface area contributed by atoms with Crippen molar-refractivity contribution in [3.05, 3.63) is 41.7 Å². The highest BCUT2D eigenvalue weighted by molar-refractivity contribution is 5.91. The van der Waals surface area contributed by atoms with Crippen LogP contribution >= 0.6 is 0 Å². The van der Waals surface area contributed by atoms with Gasteiger partial charge in [0.1, 0.15) is 0 Å². The van der Waals surface area contributed by atoms with Crippen LogP contribution in [0.15, 0.2) is 30.5 Å². The van der Waals surface area contributed by atoms with Gasteiger partial charge in [-0.05, 0) is 24.6 Å². The molecule has 1 N–H and O–H groups in total. The second-order valence-corrected chi connectivity index (χ2v) is 5.13. The van der Waals surface area contributed by atoms with E-state index in [1.807, 2.05) is 19.1 Å². The molecule has 0 saturated heterocycles. The molecule has 0 fully saturated rings. The van der Waals surface area contributed by atoms with Crippen LogP contribution in [0.25, 0.3) is 5.69 Å². The molecule has 0 aliphatic rings. The first-order valence-corrected chi connectivity index (χ1v) is 6.68. The summed E-state index contributed by atoms with van der Waals surface area (Å²) >= 11 is 0. The minimum absolute atomic E-state index is 0.108. The zero-order chi connectivity index (χ0) is 17.2. The Kier molecular flexibility index (Phi) is 4.69. The van der Waals surface area contributed by atoms with Gasteiger partial charge in [-0.2, -0.15) is 13.2 Å². The number of alkyl halides is 3. The van der Waals surface area contributed by atoms with Gasteiger partial charge in [0.2, 0.25) is 0 Å². The molecule has 2 rings (SSSR count). The van der Waals surface area contributed by atoms with Crippen molar-refractivity contribution in [1.29, 1.82) is 0 Å². The Hall–Kier alpha value is -2.42. The van der Waals surface area contributed by atoms with Crippen LogP contribution in [0, 0.1) is 6.92 Å². The SMILES string of the molecule is Cc1cccc(-n2cc(C(=O)N(C)CC(O)C(F)(F)F)nn2)c1. The third kappa shape index (κ3) is 4.07. The zero-order valence-corrected chi connectivity index (χ0v) is 12.4. The number of aromatic nitrogens is 3. The van der Waals surface area contributed by atoms with Gasteiger partial charge in [-0.25, -0.2) is 4.68 Å². The zero-order valence-electron chi connectivity index (χ0n) is 12.4. The quantitative estimate of drug-likeness (QED) is 0.925. The van der Waals surface area contributed by atoms with Gasteiger partial charge in [0, 0.05) is 7.05 Å². The van der Waals surface area contributed by atoms with E-state index in [2.05, 4.69) is 10.3 Å². The number of benzene rings is 1. The number of nitrogens with zero attached hydrogens (tertiary/aromatic N) is 4. The summed E-state index contributed by atoms with van der Waals surface area (Å²) in [6.45, 7) is 1.01. The maximum Gasteiger partial charge on any atom is 0.416 e. The second kappa shape index (κ2) is 6.37. The molecule has 0 saturated carbocycles. The number of hydrogen-bond donors (Lipinski definition) is 1. The Morgan fingerprint density at radius 1 is 1.43 bits per heavy atom. The van der Waals surface area contributed by atoms with E-state index in [9.17, 15) is 18.0 Å². The summed E-state index contributed by atoms with van der Waals surface area (Å²) in [6, 6.07) is 7.27. The van der Waals surface area contributed by atoms with Gasteiger partial charge in [-0.1, -0.05) is 17.3 Å². The molecule has 1 aromatic heterocycles. The van der Waals surface area contributed by atoms with Crippen molar-refractivity contribution in [1.82, 2.24) is 19.9 Å². The van der Waals surface area contributed by atoms with Crippen LogP contribution in [0.4, 0.5) is 13.2 Å². The van der Waals surface area contributed by atoms with Crippen LogP contribution in [-0.2, 0) is 0 Å². The van der Waals surface area contributed by atoms with Gasteiger partial charge in [-0.15, -0.1) is 5.10 Å². The molecule has 1 heterocycles. The molecule has 2 aromatic rings. The van der Waals surface area contributed by atoms with Crippen molar-refractivity contribution in [3.8, 4) is 5.69 Å². The lowest BCUT2D eigenvalue weighted by atomic mass is 10.2. The van der Waals surface area contributed by atoms with Gasteiger partial charge in [0.05, 0.1) is 18.4 Å². The number of carbonyl (C=O) groups excluding carboxylic acids is 1. The molecule has 9 heteroatoms. The molecule has 0 aliphatic carbocycles. The minimum atomic E-state index is -4.78. The van der Waals surface area contributed by atoms with E-state index in [1.165, 1.54) is 10.9 Å². The molecule has 0 bridgehead atoms. The highest BCUT2D eigenvalue weighted by Gasteiger charge is 2.39. The lowest BCUT2D eigenvalue weighted by Crippen LogP contribution is -2.41. The summed E-state index contributed by atoms with van der Waals surface area (Å²) in [4.78, 5) is 12.8. The lowest BCUT2D eigenvalue weighted by molar-refractivity contribution is -0.205. The van der Waals surface area contributed by atoms with Crippen LogP contribution in [0.1, 0.15) is 16.1 Å². The van der Waals surface area contributed by atoms with Crippen molar-refractivity contribution in [2.24, 2.45) is 0 Å². The van der Waals surface area contributed by atoms with Gasteiger partial charge in [-0.3, -0.25) is 4.79 Å². The first kappa shape index (κ1) is 16.9. The normalized spacial score (nSPS) is 13.0. The fraction of sp³-hybridized carbons (Fsp3) is 0.357. The molecular weight excluding hydrogens is 313 g/mol. The molecule has 0 radical (unpaired) electrons. The maximum absolute atomic E-state index is 12.3. The Morgan fingerprint density at radius 2 is 2.13 bits per heavy atom. The van der Waals surface area contributed by atoms with Crippen LogP contribution in [0.5, 0.6) is 0 Å². The number of aliphatic hydroxyl groups is 1. The average Bonchev–Trinajstić information content (AvgIpc) is 2.95. The van der Waals surface area contributed by atoms with Crippen molar-refractivity contribution in [2.45, 2.75) is 19.2 Å². The molecule has 1 unspecified atom stereocenters. The Labute approximate surface area is 130 Å². The maximum atomic E-state index is 12.3. The fourth-order valence-corrected chi connectivity index (χ4v) is 1.90. The number of aliphatic hydroxyl groups excluding tert-OH is 1. The van der Waals surface area contributed by atoms with Gasteiger partial charge in [0.15, 0.2) is 11.8 Å². The Morgan fingerprint density at radius 3 is 2.74 bits per heavy atom. The van der Waals surface area contributed by atoms with E-state index < -0.39 is 24.7 Å². The summed E-state index contributed by atoms with van der Waals surface area (Å²) < 4.78 is 38.3. The van der Waals surface area contributed by atoms with Crippen molar-refractivity contribution in [3.63, 3.8) is 0 Å². The molecular formula is C14H15F3N4O2. The summed E-state index contributed by atoms with van der Waals surface area (Å²) in [5.74, 6) is -0.757. The first-order chi connectivity index (χ1) is 10.7. The number of rotatable bonds is 4. The van der Waals surface area contributed by atoms with Crippen molar-refractivity contribution in [2.75, 3.05) is 13.6 Å². The Bertz CT molecular complexity index is 699. The van der Waals surface area contributed by atoms with E-state index in [0.29, 0.717) is 5.69 Å². The van der Waals surface area contributed by atoms with Crippen LogP contribution < -0.4 is 0 Å². The smallest absolute Gasteiger partial charge is 0.382 e. The van der Waals surface area contributed by atoms with Gasteiger partial charge >= 0.3 is 6.18 Å². The van der Waals surface area contributed by atoms with Crippen molar-refractivity contribution >= 4 is 5.91 Å². The minimum Gasteiger partial charge on any atom is -0.382 e. The number of likely N-dealkylation sites (N-methyl/N-ethyl adjacent to an activating group) is 1. The number of hydrogen-bond acceptors (Lipinski definition) is 4. The number of halogens is 3. The summed E-state index contributed by atoms with van der Waals surface area (Å²) in [6.07, 6.45) is -6.07. The van der Waals surface area contributed by atoms with Crippen LogP contribution in [0.3, 0.4) is 0 Å². The number of aryl methyl sites for hydroxylation is 1. The van der Waals surface area contributed by atoms with E-state index in [0.717, 1.165) is 17.5 Å². The predicted molar refractivity (Wildman–Crippen MR) is 75.1 cm³/mol. The lowest BCUT2D eigenvalue weighted by Gasteiger charge is -2.21. The van der Waals surface area contributed by atoms with E-state index >= 15 is 0 Å². The molecule has 0 aliphatic heterocycles. The average molecular weight is 328 g/mol. The van der Waals surface area contributed by atoms with E-state index in [1.54, 1.807) is 12.1 Å². The molecule has 1 aromatic carbocycles.